The van der Waals surface area contributed by atoms with Crippen LogP contribution in [-0.2, 0) is 6.54 Å². The summed E-state index contributed by atoms with van der Waals surface area (Å²) in [4.78, 5) is 5.54. The van der Waals surface area contributed by atoms with Gasteiger partial charge in [-0.1, -0.05) is 29.8 Å². The van der Waals surface area contributed by atoms with Gasteiger partial charge in [0, 0.05) is 17.6 Å². The molecule has 0 radical (unpaired) electrons. The van der Waals surface area contributed by atoms with E-state index in [9.17, 15) is 0 Å². The Hall–Kier alpha value is -1.62. The Bertz CT molecular complexity index is 691. The van der Waals surface area contributed by atoms with E-state index in [1.807, 2.05) is 41.8 Å². The molecule has 0 saturated carbocycles. The lowest BCUT2D eigenvalue weighted by atomic mass is 10.1. The maximum atomic E-state index is 5.90. The summed E-state index contributed by atoms with van der Waals surface area (Å²) in [5.41, 5.74) is 2.10. The van der Waals surface area contributed by atoms with Gasteiger partial charge in [0.05, 0.1) is 10.6 Å². The van der Waals surface area contributed by atoms with Crippen molar-refractivity contribution in [2.75, 3.05) is 0 Å². The number of nitrogens with one attached hydrogen (secondary N) is 1. The van der Waals surface area contributed by atoms with Gasteiger partial charge in [0.1, 0.15) is 6.26 Å². The van der Waals surface area contributed by atoms with Crippen LogP contribution in [0.5, 0.6) is 0 Å². The molecule has 0 unspecified atom stereocenters. The van der Waals surface area contributed by atoms with E-state index in [1.54, 1.807) is 17.6 Å². The highest BCUT2D eigenvalue weighted by Crippen LogP contribution is 2.24. The summed E-state index contributed by atoms with van der Waals surface area (Å²) < 4.78 is 5.50. The van der Waals surface area contributed by atoms with Gasteiger partial charge in [-0.05, 0) is 36.1 Å². The molecule has 3 rings (SSSR count). The summed E-state index contributed by atoms with van der Waals surface area (Å²) in [5, 5.41) is 6.20. The minimum atomic E-state index is 0.226. The van der Waals surface area contributed by atoms with Crippen LogP contribution in [0.1, 0.15) is 24.2 Å². The minimum absolute atomic E-state index is 0.226. The van der Waals surface area contributed by atoms with Gasteiger partial charge in [0.15, 0.2) is 0 Å². The van der Waals surface area contributed by atoms with Crippen molar-refractivity contribution in [3.63, 3.8) is 0 Å². The van der Waals surface area contributed by atoms with Crippen molar-refractivity contribution in [3.05, 3.63) is 64.3 Å². The molecule has 3 nitrogen and oxygen atoms in total. The van der Waals surface area contributed by atoms with Gasteiger partial charge in [-0.3, -0.25) is 0 Å². The quantitative estimate of drug-likeness (QED) is 0.726. The number of oxazole rings is 1. The molecule has 0 bridgehead atoms. The van der Waals surface area contributed by atoms with Crippen LogP contribution in [0.25, 0.3) is 10.8 Å². The Kier molecular flexibility index (Phi) is 4.39. The second-order valence-corrected chi connectivity index (χ2v) is 6.16. The molecule has 0 saturated heterocycles. The van der Waals surface area contributed by atoms with E-state index >= 15 is 0 Å². The van der Waals surface area contributed by atoms with Crippen LogP contribution in [0.2, 0.25) is 5.02 Å². The first-order chi connectivity index (χ1) is 10.2. The fourth-order valence-corrected chi connectivity index (χ4v) is 2.81. The van der Waals surface area contributed by atoms with Crippen molar-refractivity contribution in [3.8, 4) is 10.8 Å². The molecular weight excluding hydrogens is 304 g/mol. The summed E-state index contributed by atoms with van der Waals surface area (Å²) in [7, 11) is 0. The molecule has 1 N–H and O–H groups in total. The first-order valence-electron chi connectivity index (χ1n) is 6.69. The predicted molar refractivity (Wildman–Crippen MR) is 86.5 cm³/mol. The van der Waals surface area contributed by atoms with Crippen LogP contribution >= 0.6 is 22.9 Å². The van der Waals surface area contributed by atoms with E-state index in [0.717, 1.165) is 15.6 Å². The smallest absolute Gasteiger partial charge is 0.236 e. The highest BCUT2D eigenvalue weighted by molar-refractivity contribution is 7.13. The summed E-state index contributed by atoms with van der Waals surface area (Å²) in [5.74, 6) is 0.681. The molecule has 0 aliphatic rings. The standard InChI is InChI=1S/C16H15ClN2OS/c1-11(12-4-6-13(17)7-5-12)18-9-14-10-20-16(19-14)15-3-2-8-21-15/h2-8,10-11,18H,9H2,1H3/t11-/m0/s1. The summed E-state index contributed by atoms with van der Waals surface area (Å²) >= 11 is 7.52. The van der Waals surface area contributed by atoms with Crippen LogP contribution in [0.15, 0.2) is 52.5 Å². The molecule has 0 spiro atoms. The van der Waals surface area contributed by atoms with E-state index in [-0.39, 0.29) is 6.04 Å². The van der Waals surface area contributed by atoms with E-state index < -0.39 is 0 Å². The molecule has 2 heterocycles. The van der Waals surface area contributed by atoms with Gasteiger partial charge in [-0.15, -0.1) is 11.3 Å². The van der Waals surface area contributed by atoms with Gasteiger partial charge in [0.25, 0.3) is 0 Å². The highest BCUT2D eigenvalue weighted by atomic mass is 35.5. The van der Waals surface area contributed by atoms with Gasteiger partial charge in [-0.25, -0.2) is 4.98 Å². The van der Waals surface area contributed by atoms with Gasteiger partial charge < -0.3 is 9.73 Å². The summed E-state index contributed by atoms with van der Waals surface area (Å²) in [6, 6.07) is 12.1. The van der Waals surface area contributed by atoms with E-state index in [1.165, 1.54) is 5.56 Å². The lowest BCUT2D eigenvalue weighted by Gasteiger charge is -2.13. The largest absolute Gasteiger partial charge is 0.444 e. The topological polar surface area (TPSA) is 38.1 Å². The lowest BCUT2D eigenvalue weighted by Crippen LogP contribution is -2.18. The molecule has 3 aromatic rings. The first kappa shape index (κ1) is 14.3. The van der Waals surface area contributed by atoms with Crippen molar-refractivity contribution < 1.29 is 4.42 Å². The molecule has 108 valence electrons. The van der Waals surface area contributed by atoms with Crippen molar-refractivity contribution in [2.45, 2.75) is 19.5 Å². The van der Waals surface area contributed by atoms with Crippen molar-refractivity contribution in [2.24, 2.45) is 0 Å². The van der Waals surface area contributed by atoms with Gasteiger partial charge in [-0.2, -0.15) is 0 Å². The maximum absolute atomic E-state index is 5.90. The first-order valence-corrected chi connectivity index (χ1v) is 7.95. The molecular formula is C16H15ClN2OS. The molecule has 5 heteroatoms. The zero-order chi connectivity index (χ0) is 14.7. The molecule has 2 aromatic heterocycles. The third kappa shape index (κ3) is 3.53. The Balaban J connectivity index is 1.61. The fraction of sp³-hybridized carbons (Fsp3) is 0.188. The van der Waals surface area contributed by atoms with Crippen molar-refractivity contribution in [1.82, 2.24) is 10.3 Å². The molecule has 1 atom stereocenters. The average Bonchev–Trinajstić information content (AvgIpc) is 3.16. The molecule has 0 fully saturated rings. The molecule has 0 aliphatic carbocycles. The van der Waals surface area contributed by atoms with E-state index in [4.69, 9.17) is 16.0 Å². The van der Waals surface area contributed by atoms with E-state index in [0.29, 0.717) is 12.4 Å². The van der Waals surface area contributed by atoms with Crippen LogP contribution in [0, 0.1) is 0 Å². The second kappa shape index (κ2) is 6.43. The molecule has 1 aromatic carbocycles. The Morgan fingerprint density at radius 2 is 2.10 bits per heavy atom. The number of aromatic nitrogens is 1. The average molecular weight is 319 g/mol. The van der Waals surface area contributed by atoms with Gasteiger partial charge >= 0.3 is 0 Å². The van der Waals surface area contributed by atoms with Crippen LogP contribution in [-0.4, -0.2) is 4.98 Å². The SMILES string of the molecule is C[C@H](NCc1coc(-c2cccs2)n1)c1ccc(Cl)cc1. The Morgan fingerprint density at radius 3 is 2.81 bits per heavy atom. The highest BCUT2D eigenvalue weighted by Gasteiger charge is 2.09. The Morgan fingerprint density at radius 1 is 1.29 bits per heavy atom. The summed E-state index contributed by atoms with van der Waals surface area (Å²) in [6.45, 7) is 2.78. The lowest BCUT2D eigenvalue weighted by molar-refractivity contribution is 0.554. The van der Waals surface area contributed by atoms with Crippen LogP contribution in [0.3, 0.4) is 0 Å². The minimum Gasteiger partial charge on any atom is -0.444 e. The normalized spacial score (nSPS) is 12.5. The number of halogens is 1. The molecule has 0 amide bonds. The fourth-order valence-electron chi connectivity index (χ4n) is 2.03. The molecule has 0 aliphatic heterocycles. The predicted octanol–water partition coefficient (Wildman–Crippen LogP) is 4.91. The van der Waals surface area contributed by atoms with E-state index in [2.05, 4.69) is 17.2 Å². The van der Waals surface area contributed by atoms with Gasteiger partial charge in [0.2, 0.25) is 5.89 Å². The zero-order valence-electron chi connectivity index (χ0n) is 11.5. The van der Waals surface area contributed by atoms with Crippen molar-refractivity contribution in [1.29, 1.82) is 0 Å². The maximum Gasteiger partial charge on any atom is 0.236 e. The second-order valence-electron chi connectivity index (χ2n) is 4.78. The number of nitrogens with zero attached hydrogens (tertiary/aromatic N) is 1. The Labute approximate surface area is 132 Å². The summed E-state index contributed by atoms with van der Waals surface area (Å²) in [6.07, 6.45) is 1.70. The number of rotatable bonds is 5. The number of benzene rings is 1. The number of hydrogen-bond donors (Lipinski definition) is 1. The van der Waals surface area contributed by atoms with Crippen LogP contribution in [0.4, 0.5) is 0 Å². The third-order valence-electron chi connectivity index (χ3n) is 3.24. The monoisotopic (exact) mass is 318 g/mol. The number of thiophene rings is 1. The molecule has 21 heavy (non-hydrogen) atoms. The van der Waals surface area contributed by atoms with Crippen LogP contribution < -0.4 is 5.32 Å². The van der Waals surface area contributed by atoms with Crippen molar-refractivity contribution >= 4 is 22.9 Å². The third-order valence-corrected chi connectivity index (χ3v) is 4.35. The zero-order valence-corrected chi connectivity index (χ0v) is 13.1. The number of hydrogen-bond acceptors (Lipinski definition) is 4.